The quantitative estimate of drug-likeness (QED) is 0.612. The normalized spacial score (nSPS) is 19.2. The molecule has 0 N–H and O–H groups in total. The number of aromatic nitrogens is 1. The number of sulfone groups is 1. The number of carbonyl (C=O) groups excluding carboxylic acids is 2. The molecule has 2 aliphatic rings. The van der Waals surface area contributed by atoms with Crippen molar-refractivity contribution in [3.05, 3.63) is 47.2 Å². The van der Waals surface area contributed by atoms with E-state index in [9.17, 15) is 18.0 Å². The zero-order valence-electron chi connectivity index (χ0n) is 17.1. The molecule has 2 aliphatic heterocycles. The summed E-state index contributed by atoms with van der Waals surface area (Å²) in [5.74, 6) is 0.214. The van der Waals surface area contributed by atoms with Crippen molar-refractivity contribution in [2.24, 2.45) is 5.92 Å². The second-order valence-electron chi connectivity index (χ2n) is 8.17. The Morgan fingerprint density at radius 3 is 2.65 bits per heavy atom. The summed E-state index contributed by atoms with van der Waals surface area (Å²) in [4.78, 5) is 30.0. The van der Waals surface area contributed by atoms with Crippen LogP contribution in [0.2, 0.25) is 5.02 Å². The fourth-order valence-electron chi connectivity index (χ4n) is 3.95. The smallest absolute Gasteiger partial charge is 0.306 e. The van der Waals surface area contributed by atoms with Crippen LogP contribution in [-0.4, -0.2) is 56.1 Å². The first kappa shape index (κ1) is 21.8. The van der Waals surface area contributed by atoms with Crippen molar-refractivity contribution >= 4 is 33.3 Å². The largest absolute Gasteiger partial charge is 0.465 e. The lowest BCUT2D eigenvalue weighted by molar-refractivity contribution is -0.138. The standard InChI is InChI=1S/C22H23ClN2O5S/c1-31(28,29)20-9-17(23)4-5-18(20)15-3-6-19(24-10-15)16-11-25(12-16)21(26)7-2-14-8-22(27)30-13-14/h3-6,9-10,14,16H,2,7-8,11-13H2,1H3/t14-/m0/s1. The molecule has 0 radical (unpaired) electrons. The molecule has 1 amide bonds. The van der Waals surface area contributed by atoms with E-state index in [4.69, 9.17) is 16.3 Å². The van der Waals surface area contributed by atoms with Crippen molar-refractivity contribution in [1.29, 1.82) is 0 Å². The van der Waals surface area contributed by atoms with Crippen molar-refractivity contribution in [2.45, 2.75) is 30.1 Å². The Morgan fingerprint density at radius 1 is 1.26 bits per heavy atom. The van der Waals surface area contributed by atoms with E-state index in [1.165, 1.54) is 6.07 Å². The monoisotopic (exact) mass is 462 g/mol. The summed E-state index contributed by atoms with van der Waals surface area (Å²) < 4.78 is 29.2. The number of halogens is 1. The van der Waals surface area contributed by atoms with E-state index in [0.717, 1.165) is 11.9 Å². The average Bonchev–Trinajstić information content (AvgIpc) is 3.10. The number of esters is 1. The van der Waals surface area contributed by atoms with Crippen molar-refractivity contribution in [3.63, 3.8) is 0 Å². The maximum Gasteiger partial charge on any atom is 0.306 e. The molecule has 3 heterocycles. The molecule has 1 atom stereocenters. The van der Waals surface area contributed by atoms with Crippen LogP contribution in [0.1, 0.15) is 30.9 Å². The first-order valence-electron chi connectivity index (χ1n) is 10.1. The lowest BCUT2D eigenvalue weighted by atomic mass is 9.93. The third-order valence-corrected chi connectivity index (χ3v) is 7.17. The van der Waals surface area contributed by atoms with Gasteiger partial charge in [0.2, 0.25) is 5.91 Å². The molecule has 9 heteroatoms. The summed E-state index contributed by atoms with van der Waals surface area (Å²) in [6.07, 6.45) is 4.31. The minimum Gasteiger partial charge on any atom is -0.465 e. The van der Waals surface area contributed by atoms with Gasteiger partial charge in [-0.15, -0.1) is 0 Å². The van der Waals surface area contributed by atoms with E-state index in [-0.39, 0.29) is 28.6 Å². The topological polar surface area (TPSA) is 93.6 Å². The van der Waals surface area contributed by atoms with Crippen LogP contribution in [0.3, 0.4) is 0 Å². The van der Waals surface area contributed by atoms with Crippen molar-refractivity contribution in [2.75, 3.05) is 26.0 Å². The number of carbonyl (C=O) groups is 2. The number of cyclic esters (lactones) is 1. The molecule has 31 heavy (non-hydrogen) atoms. The van der Waals surface area contributed by atoms with Gasteiger partial charge in [-0.3, -0.25) is 14.6 Å². The van der Waals surface area contributed by atoms with E-state index in [2.05, 4.69) is 4.98 Å². The molecule has 0 spiro atoms. The van der Waals surface area contributed by atoms with Crippen LogP contribution in [0.4, 0.5) is 0 Å². The number of nitrogens with zero attached hydrogens (tertiary/aromatic N) is 2. The summed E-state index contributed by atoms with van der Waals surface area (Å²) in [5.41, 5.74) is 2.13. The molecule has 0 aliphatic carbocycles. The predicted octanol–water partition coefficient (Wildman–Crippen LogP) is 3.07. The van der Waals surface area contributed by atoms with Crippen LogP contribution in [0.25, 0.3) is 11.1 Å². The summed E-state index contributed by atoms with van der Waals surface area (Å²) >= 11 is 5.97. The Hall–Kier alpha value is -2.45. The first-order chi connectivity index (χ1) is 14.7. The molecule has 2 fully saturated rings. The molecular weight excluding hydrogens is 440 g/mol. The van der Waals surface area contributed by atoms with Crippen LogP contribution < -0.4 is 0 Å². The molecule has 164 valence electrons. The minimum atomic E-state index is -3.44. The lowest BCUT2D eigenvalue weighted by Crippen LogP contribution is -2.48. The third-order valence-electron chi connectivity index (χ3n) is 5.79. The Balaban J connectivity index is 1.36. The van der Waals surface area contributed by atoms with Gasteiger partial charge in [0.05, 0.1) is 17.9 Å². The Bertz CT molecular complexity index is 1110. The van der Waals surface area contributed by atoms with E-state index in [1.54, 1.807) is 23.2 Å². The van der Waals surface area contributed by atoms with Crippen LogP contribution >= 0.6 is 11.6 Å². The number of benzene rings is 1. The van der Waals surface area contributed by atoms with Gasteiger partial charge in [0.15, 0.2) is 9.84 Å². The van der Waals surface area contributed by atoms with Gasteiger partial charge in [-0.25, -0.2) is 8.42 Å². The Morgan fingerprint density at radius 2 is 2.03 bits per heavy atom. The molecule has 1 aromatic heterocycles. The fourth-order valence-corrected chi connectivity index (χ4v) is 5.12. The summed E-state index contributed by atoms with van der Waals surface area (Å²) in [5, 5.41) is 0.361. The number of likely N-dealkylation sites (tertiary alicyclic amines) is 1. The molecule has 0 bridgehead atoms. The number of hydrogen-bond donors (Lipinski definition) is 0. The summed E-state index contributed by atoms with van der Waals surface area (Å²) in [6, 6.07) is 8.51. The van der Waals surface area contributed by atoms with Crippen molar-refractivity contribution < 1.29 is 22.7 Å². The fraction of sp³-hybridized carbons (Fsp3) is 0.409. The second kappa shape index (κ2) is 8.59. The highest BCUT2D eigenvalue weighted by molar-refractivity contribution is 7.90. The number of ether oxygens (including phenoxy) is 1. The number of rotatable bonds is 6. The maximum absolute atomic E-state index is 12.4. The second-order valence-corrected chi connectivity index (χ2v) is 10.6. The minimum absolute atomic E-state index is 0.0891. The highest BCUT2D eigenvalue weighted by atomic mass is 35.5. The summed E-state index contributed by atoms with van der Waals surface area (Å²) in [7, 11) is -3.44. The maximum atomic E-state index is 12.4. The molecule has 2 aromatic rings. The van der Waals surface area contributed by atoms with Gasteiger partial charge in [-0.05, 0) is 24.6 Å². The van der Waals surface area contributed by atoms with Crippen LogP contribution in [-0.2, 0) is 24.2 Å². The highest BCUT2D eigenvalue weighted by Gasteiger charge is 2.33. The molecule has 7 nitrogen and oxygen atoms in total. The van der Waals surface area contributed by atoms with Gasteiger partial charge in [-0.1, -0.05) is 23.7 Å². The highest BCUT2D eigenvalue weighted by Crippen LogP contribution is 2.32. The van der Waals surface area contributed by atoms with E-state index in [1.807, 2.05) is 12.1 Å². The molecule has 2 saturated heterocycles. The zero-order valence-corrected chi connectivity index (χ0v) is 18.7. The summed E-state index contributed by atoms with van der Waals surface area (Å²) in [6.45, 7) is 1.64. The van der Waals surface area contributed by atoms with E-state index < -0.39 is 9.84 Å². The van der Waals surface area contributed by atoms with E-state index >= 15 is 0 Å². The molecule has 1 aromatic carbocycles. The van der Waals surface area contributed by atoms with Crippen LogP contribution in [0, 0.1) is 5.92 Å². The predicted molar refractivity (Wildman–Crippen MR) is 115 cm³/mol. The van der Waals surface area contributed by atoms with Gasteiger partial charge in [0.1, 0.15) is 0 Å². The lowest BCUT2D eigenvalue weighted by Gasteiger charge is -2.39. The molecular formula is C22H23ClN2O5S. The Kier molecular flexibility index (Phi) is 6.03. The van der Waals surface area contributed by atoms with Crippen molar-refractivity contribution in [1.82, 2.24) is 9.88 Å². The Labute approximate surface area is 186 Å². The average molecular weight is 463 g/mol. The van der Waals surface area contributed by atoms with Gasteiger partial charge >= 0.3 is 5.97 Å². The van der Waals surface area contributed by atoms with Gasteiger partial charge < -0.3 is 9.64 Å². The molecule has 0 saturated carbocycles. The van der Waals surface area contributed by atoms with Gasteiger partial charge in [-0.2, -0.15) is 0 Å². The van der Waals surface area contributed by atoms with Crippen LogP contribution in [0.5, 0.6) is 0 Å². The van der Waals surface area contributed by atoms with Gasteiger partial charge in [0, 0.05) is 65.6 Å². The number of pyridine rings is 1. The van der Waals surface area contributed by atoms with Crippen molar-refractivity contribution in [3.8, 4) is 11.1 Å². The van der Waals surface area contributed by atoms with Gasteiger partial charge in [0.25, 0.3) is 0 Å². The third kappa shape index (κ3) is 4.91. The van der Waals surface area contributed by atoms with E-state index in [0.29, 0.717) is 55.1 Å². The van der Waals surface area contributed by atoms with Crippen LogP contribution in [0.15, 0.2) is 41.4 Å². The molecule has 0 unspecified atom stereocenters. The first-order valence-corrected chi connectivity index (χ1v) is 12.4. The zero-order chi connectivity index (χ0) is 22.2. The number of amides is 1. The molecule has 4 rings (SSSR count). The SMILES string of the molecule is CS(=O)(=O)c1cc(Cl)ccc1-c1ccc(C2CN(C(=O)CC[C@@H]3COC(=O)C3)C2)nc1. The number of hydrogen-bond acceptors (Lipinski definition) is 6.